The molecule has 2 aromatic rings. The minimum atomic E-state index is -3.28. The lowest BCUT2D eigenvalue weighted by Crippen LogP contribution is -2.27. The number of rotatable bonds is 7. The van der Waals surface area contributed by atoms with Gasteiger partial charge in [-0.1, -0.05) is 12.1 Å². The second-order valence-electron chi connectivity index (χ2n) is 6.26. The second-order valence-corrected chi connectivity index (χ2v) is 9.20. The second kappa shape index (κ2) is 7.58. The van der Waals surface area contributed by atoms with E-state index in [2.05, 4.69) is 16.8 Å². The fourth-order valence-electron chi connectivity index (χ4n) is 3.04. The van der Waals surface area contributed by atoms with Gasteiger partial charge >= 0.3 is 0 Å². The topological polar surface area (TPSA) is 66.5 Å². The summed E-state index contributed by atoms with van der Waals surface area (Å²) in [5, 5.41) is 4.94. The van der Waals surface area contributed by atoms with Crippen LogP contribution in [0.5, 0.6) is 0 Å². The van der Waals surface area contributed by atoms with E-state index in [4.69, 9.17) is 0 Å². The molecular weight excluding hydrogens is 356 g/mol. The van der Waals surface area contributed by atoms with Crippen LogP contribution in [0.1, 0.15) is 29.7 Å². The van der Waals surface area contributed by atoms with Crippen LogP contribution in [0.4, 0.5) is 11.4 Å². The van der Waals surface area contributed by atoms with Crippen LogP contribution in [0.25, 0.3) is 0 Å². The molecule has 1 aliphatic heterocycles. The molecule has 25 heavy (non-hydrogen) atoms. The lowest BCUT2D eigenvalue weighted by Gasteiger charge is -2.17. The van der Waals surface area contributed by atoms with E-state index in [-0.39, 0.29) is 5.91 Å². The van der Waals surface area contributed by atoms with Gasteiger partial charge in [0.2, 0.25) is 15.9 Å². The fourth-order valence-corrected chi connectivity index (χ4v) is 4.74. The minimum absolute atomic E-state index is 0.0324. The smallest absolute Gasteiger partial charge is 0.232 e. The van der Waals surface area contributed by atoms with Gasteiger partial charge in [-0.3, -0.25) is 9.10 Å². The maximum atomic E-state index is 12.1. The summed E-state index contributed by atoms with van der Waals surface area (Å²) in [7, 11) is -3.28. The molecule has 134 valence electrons. The number of nitrogens with one attached hydrogen (secondary N) is 1. The average molecular weight is 379 g/mol. The van der Waals surface area contributed by atoms with E-state index in [0.29, 0.717) is 30.8 Å². The Morgan fingerprint density at radius 1 is 1.28 bits per heavy atom. The van der Waals surface area contributed by atoms with Crippen LogP contribution in [0.3, 0.4) is 0 Å². The van der Waals surface area contributed by atoms with Gasteiger partial charge in [-0.15, -0.1) is 11.3 Å². The molecule has 1 aliphatic rings. The lowest BCUT2D eigenvalue weighted by atomic mass is 10.1. The molecular formula is C18H22N2O3S2. The molecule has 5 nitrogen and oxygen atoms in total. The van der Waals surface area contributed by atoms with Gasteiger partial charge in [-0.25, -0.2) is 8.42 Å². The molecule has 1 amide bonds. The number of nitrogens with zero attached hydrogens (tertiary/aromatic N) is 1. The zero-order valence-corrected chi connectivity index (χ0v) is 15.8. The van der Waals surface area contributed by atoms with Gasteiger partial charge in [-0.05, 0) is 54.8 Å². The number of benzene rings is 1. The van der Waals surface area contributed by atoms with E-state index in [0.717, 1.165) is 24.8 Å². The molecule has 0 saturated heterocycles. The van der Waals surface area contributed by atoms with Crippen molar-refractivity contribution in [3.63, 3.8) is 0 Å². The summed E-state index contributed by atoms with van der Waals surface area (Å²) in [5.41, 5.74) is 2.33. The standard InChI is InChI=1S/C18H22N2O3S2/c1-25(22,23)20-11-10-14-8-9-15(13-17(14)20)19-18(21)7-3-2-5-16-6-4-12-24-16/h4,6,8-9,12-13H,2-3,5,7,10-11H2,1H3,(H,19,21). The van der Waals surface area contributed by atoms with Crippen LogP contribution in [0, 0.1) is 0 Å². The summed E-state index contributed by atoms with van der Waals surface area (Å²) in [4.78, 5) is 13.5. The van der Waals surface area contributed by atoms with E-state index in [1.807, 2.05) is 18.2 Å². The molecule has 0 bridgehead atoms. The zero-order valence-electron chi connectivity index (χ0n) is 14.2. The van der Waals surface area contributed by atoms with Crippen LogP contribution < -0.4 is 9.62 Å². The third kappa shape index (κ3) is 4.61. The highest BCUT2D eigenvalue weighted by molar-refractivity contribution is 7.92. The van der Waals surface area contributed by atoms with Crippen molar-refractivity contribution in [2.45, 2.75) is 32.1 Å². The number of hydrogen-bond donors (Lipinski definition) is 1. The van der Waals surface area contributed by atoms with Crippen LogP contribution in [0.2, 0.25) is 0 Å². The summed E-state index contributed by atoms with van der Waals surface area (Å²) >= 11 is 1.74. The normalized spacial score (nSPS) is 13.7. The minimum Gasteiger partial charge on any atom is -0.326 e. The number of hydrogen-bond acceptors (Lipinski definition) is 4. The Morgan fingerprint density at radius 2 is 2.12 bits per heavy atom. The fraction of sp³-hybridized carbons (Fsp3) is 0.389. The van der Waals surface area contributed by atoms with Crippen molar-refractivity contribution in [2.24, 2.45) is 0 Å². The molecule has 0 radical (unpaired) electrons. The van der Waals surface area contributed by atoms with E-state index < -0.39 is 10.0 Å². The van der Waals surface area contributed by atoms with Crippen LogP contribution in [-0.2, 0) is 27.7 Å². The first kappa shape index (κ1) is 17.9. The largest absolute Gasteiger partial charge is 0.326 e. The van der Waals surface area contributed by atoms with Crippen molar-refractivity contribution in [3.05, 3.63) is 46.2 Å². The van der Waals surface area contributed by atoms with Gasteiger partial charge in [0, 0.05) is 23.5 Å². The molecule has 0 aliphatic carbocycles. The van der Waals surface area contributed by atoms with Crippen molar-refractivity contribution >= 4 is 38.6 Å². The predicted octanol–water partition coefficient (Wildman–Crippen LogP) is 3.42. The maximum Gasteiger partial charge on any atom is 0.232 e. The van der Waals surface area contributed by atoms with Crippen LogP contribution >= 0.6 is 11.3 Å². The van der Waals surface area contributed by atoms with Gasteiger partial charge < -0.3 is 5.32 Å². The van der Waals surface area contributed by atoms with Gasteiger partial charge in [0.25, 0.3) is 0 Å². The number of carbonyl (C=O) groups excluding carboxylic acids is 1. The van der Waals surface area contributed by atoms with Crippen molar-refractivity contribution in [3.8, 4) is 0 Å². The van der Waals surface area contributed by atoms with Crippen molar-refractivity contribution in [2.75, 3.05) is 22.4 Å². The summed E-state index contributed by atoms with van der Waals surface area (Å²) in [6.07, 6.45) is 5.22. The van der Waals surface area contributed by atoms with E-state index in [1.165, 1.54) is 15.4 Å². The van der Waals surface area contributed by atoms with Crippen molar-refractivity contribution in [1.29, 1.82) is 0 Å². The highest BCUT2D eigenvalue weighted by Crippen LogP contribution is 2.32. The Labute approximate surface area is 152 Å². The zero-order chi connectivity index (χ0) is 17.9. The summed E-state index contributed by atoms with van der Waals surface area (Å²) in [6, 6.07) is 9.65. The highest BCUT2D eigenvalue weighted by Gasteiger charge is 2.26. The Morgan fingerprint density at radius 3 is 2.84 bits per heavy atom. The number of fused-ring (bicyclic) bond motifs is 1. The average Bonchev–Trinajstić information content (AvgIpc) is 3.20. The molecule has 1 aromatic heterocycles. The number of anilines is 2. The lowest BCUT2D eigenvalue weighted by molar-refractivity contribution is -0.116. The molecule has 0 spiro atoms. The third-order valence-electron chi connectivity index (χ3n) is 4.28. The highest BCUT2D eigenvalue weighted by atomic mass is 32.2. The summed E-state index contributed by atoms with van der Waals surface area (Å²) < 4.78 is 25.1. The van der Waals surface area contributed by atoms with Crippen molar-refractivity contribution in [1.82, 2.24) is 0 Å². The van der Waals surface area contributed by atoms with Gasteiger partial charge in [0.15, 0.2) is 0 Å². The molecule has 1 N–H and O–H groups in total. The Kier molecular flexibility index (Phi) is 5.44. The number of sulfonamides is 1. The first-order valence-electron chi connectivity index (χ1n) is 8.36. The molecule has 1 aromatic carbocycles. The van der Waals surface area contributed by atoms with E-state index >= 15 is 0 Å². The number of amides is 1. The molecule has 2 heterocycles. The molecule has 0 unspecified atom stereocenters. The number of carbonyl (C=O) groups is 1. The van der Waals surface area contributed by atoms with E-state index in [1.54, 1.807) is 17.4 Å². The number of aryl methyl sites for hydroxylation is 1. The third-order valence-corrected chi connectivity index (χ3v) is 6.40. The van der Waals surface area contributed by atoms with Crippen molar-refractivity contribution < 1.29 is 13.2 Å². The molecule has 3 rings (SSSR count). The Bertz CT molecular complexity index is 845. The maximum absolute atomic E-state index is 12.1. The van der Waals surface area contributed by atoms with Gasteiger partial charge in [-0.2, -0.15) is 0 Å². The molecule has 0 fully saturated rings. The number of unbranched alkanes of at least 4 members (excludes halogenated alkanes) is 1. The van der Waals surface area contributed by atoms with Gasteiger partial charge in [0.05, 0.1) is 11.9 Å². The predicted molar refractivity (Wildman–Crippen MR) is 103 cm³/mol. The monoisotopic (exact) mass is 378 g/mol. The van der Waals surface area contributed by atoms with Crippen LogP contribution in [-0.4, -0.2) is 27.1 Å². The molecule has 0 saturated carbocycles. The molecule has 0 atom stereocenters. The Hall–Kier alpha value is -1.86. The summed E-state index contributed by atoms with van der Waals surface area (Å²) in [5.74, 6) is -0.0324. The Balaban J connectivity index is 1.53. The first-order valence-corrected chi connectivity index (χ1v) is 11.1. The van der Waals surface area contributed by atoms with Crippen LogP contribution in [0.15, 0.2) is 35.7 Å². The molecule has 7 heteroatoms. The quantitative estimate of drug-likeness (QED) is 0.751. The number of thiophene rings is 1. The summed E-state index contributed by atoms with van der Waals surface area (Å²) in [6.45, 7) is 0.467. The van der Waals surface area contributed by atoms with Gasteiger partial charge in [0.1, 0.15) is 0 Å². The van der Waals surface area contributed by atoms with E-state index in [9.17, 15) is 13.2 Å². The first-order chi connectivity index (χ1) is 11.9. The SMILES string of the molecule is CS(=O)(=O)N1CCc2ccc(NC(=O)CCCCc3cccs3)cc21.